The number of carbonyl (C=O) groups excluding carboxylic acids is 1. The summed E-state index contributed by atoms with van der Waals surface area (Å²) in [5, 5.41) is 6.59. The molecule has 0 spiro atoms. The molecule has 0 aliphatic heterocycles. The first-order valence-corrected chi connectivity index (χ1v) is 7.88. The van der Waals surface area contributed by atoms with Crippen LogP contribution in [0.1, 0.15) is 45.4 Å². The van der Waals surface area contributed by atoms with Crippen molar-refractivity contribution in [3.05, 3.63) is 24.3 Å². The third-order valence-electron chi connectivity index (χ3n) is 4.41. The molecule has 2 saturated carbocycles. The Hall–Kier alpha value is -1.51. The van der Waals surface area contributed by atoms with Gasteiger partial charge in [-0.15, -0.1) is 0 Å². The Morgan fingerprint density at radius 3 is 2.40 bits per heavy atom. The molecule has 1 amide bonds. The van der Waals surface area contributed by atoms with E-state index in [4.69, 9.17) is 0 Å². The Bertz CT molecular complexity index is 464. The van der Waals surface area contributed by atoms with Crippen molar-refractivity contribution < 1.29 is 4.79 Å². The second-order valence-corrected chi connectivity index (χ2v) is 6.45. The van der Waals surface area contributed by atoms with Crippen molar-refractivity contribution in [1.82, 2.24) is 0 Å². The van der Waals surface area contributed by atoms with E-state index in [1.807, 2.05) is 12.1 Å². The lowest BCUT2D eigenvalue weighted by Gasteiger charge is -2.28. The topological polar surface area (TPSA) is 41.1 Å². The number of anilines is 2. The Balaban J connectivity index is 1.54. The highest BCUT2D eigenvalue weighted by Gasteiger charge is 2.29. The van der Waals surface area contributed by atoms with Gasteiger partial charge in [0.2, 0.25) is 5.91 Å². The Morgan fingerprint density at radius 2 is 1.75 bits per heavy atom. The summed E-state index contributed by atoms with van der Waals surface area (Å²) in [4.78, 5) is 11.7. The van der Waals surface area contributed by atoms with E-state index < -0.39 is 0 Å². The van der Waals surface area contributed by atoms with Crippen molar-refractivity contribution in [2.45, 2.75) is 51.5 Å². The Kier molecular flexibility index (Phi) is 3.95. The second kappa shape index (κ2) is 5.86. The van der Waals surface area contributed by atoms with Crippen LogP contribution in [0.4, 0.5) is 11.4 Å². The van der Waals surface area contributed by atoms with Gasteiger partial charge >= 0.3 is 0 Å². The third kappa shape index (κ3) is 3.53. The minimum absolute atomic E-state index is 0.173. The fraction of sp³-hybridized carbons (Fsp3) is 0.588. The zero-order valence-corrected chi connectivity index (χ0v) is 12.2. The molecule has 1 aromatic rings. The molecule has 20 heavy (non-hydrogen) atoms. The van der Waals surface area contributed by atoms with Gasteiger partial charge in [-0.2, -0.15) is 0 Å². The number of hydrogen-bond donors (Lipinski definition) is 2. The third-order valence-corrected chi connectivity index (χ3v) is 4.41. The van der Waals surface area contributed by atoms with Gasteiger partial charge in [-0.25, -0.2) is 0 Å². The molecular formula is C17H24N2O. The predicted octanol–water partition coefficient (Wildman–Crippen LogP) is 4.03. The lowest BCUT2D eigenvalue weighted by atomic mass is 9.87. The summed E-state index contributed by atoms with van der Waals surface area (Å²) in [6.45, 7) is 2.34. The van der Waals surface area contributed by atoms with Gasteiger partial charge < -0.3 is 10.6 Å². The molecule has 0 radical (unpaired) electrons. The molecule has 108 valence electrons. The van der Waals surface area contributed by atoms with E-state index in [0.717, 1.165) is 30.1 Å². The van der Waals surface area contributed by atoms with Crippen LogP contribution in [0, 0.1) is 11.8 Å². The minimum Gasteiger partial charge on any atom is -0.382 e. The summed E-state index contributed by atoms with van der Waals surface area (Å²) in [7, 11) is 0. The number of benzene rings is 1. The van der Waals surface area contributed by atoms with Crippen LogP contribution in [0.25, 0.3) is 0 Å². The molecule has 2 N–H and O–H groups in total. The molecular weight excluding hydrogens is 248 g/mol. The first-order chi connectivity index (χ1) is 9.70. The van der Waals surface area contributed by atoms with Gasteiger partial charge in [0.25, 0.3) is 0 Å². The van der Waals surface area contributed by atoms with Gasteiger partial charge in [-0.1, -0.05) is 19.8 Å². The number of amides is 1. The summed E-state index contributed by atoms with van der Waals surface area (Å²) in [5.74, 6) is 1.27. The van der Waals surface area contributed by atoms with Crippen molar-refractivity contribution in [3.63, 3.8) is 0 Å². The van der Waals surface area contributed by atoms with Crippen LogP contribution in [-0.4, -0.2) is 11.9 Å². The normalized spacial score (nSPS) is 26.1. The van der Waals surface area contributed by atoms with Crippen LogP contribution >= 0.6 is 0 Å². The number of carbonyl (C=O) groups is 1. The van der Waals surface area contributed by atoms with Crippen LogP contribution in [0.3, 0.4) is 0 Å². The smallest absolute Gasteiger partial charge is 0.227 e. The molecule has 2 aliphatic rings. The Morgan fingerprint density at radius 1 is 1.05 bits per heavy atom. The quantitative estimate of drug-likeness (QED) is 0.869. The maximum Gasteiger partial charge on any atom is 0.227 e. The van der Waals surface area contributed by atoms with Crippen LogP contribution in [0.2, 0.25) is 0 Å². The van der Waals surface area contributed by atoms with Gasteiger partial charge in [-0.3, -0.25) is 4.79 Å². The first-order valence-electron chi connectivity index (χ1n) is 7.88. The highest BCUT2D eigenvalue weighted by molar-refractivity contribution is 5.94. The summed E-state index contributed by atoms with van der Waals surface area (Å²) >= 11 is 0. The molecule has 0 heterocycles. The molecule has 3 rings (SSSR count). The van der Waals surface area contributed by atoms with Crippen molar-refractivity contribution in [3.8, 4) is 0 Å². The van der Waals surface area contributed by atoms with Crippen molar-refractivity contribution in [2.75, 3.05) is 10.6 Å². The van der Waals surface area contributed by atoms with Crippen LogP contribution < -0.4 is 10.6 Å². The average molecular weight is 272 g/mol. The molecule has 2 atom stereocenters. The summed E-state index contributed by atoms with van der Waals surface area (Å²) in [6.07, 6.45) is 7.32. The highest BCUT2D eigenvalue weighted by atomic mass is 16.2. The maximum atomic E-state index is 11.7. The van der Waals surface area contributed by atoms with Crippen molar-refractivity contribution >= 4 is 17.3 Å². The zero-order valence-electron chi connectivity index (χ0n) is 12.2. The van der Waals surface area contributed by atoms with E-state index in [1.54, 1.807) is 0 Å². The van der Waals surface area contributed by atoms with Gasteiger partial charge in [0.15, 0.2) is 0 Å². The fourth-order valence-electron chi connectivity index (χ4n) is 3.04. The molecule has 1 aromatic carbocycles. The monoisotopic (exact) mass is 272 g/mol. The van der Waals surface area contributed by atoms with Crippen LogP contribution in [0.15, 0.2) is 24.3 Å². The number of nitrogens with one attached hydrogen (secondary N) is 2. The predicted molar refractivity (Wildman–Crippen MR) is 82.8 cm³/mol. The van der Waals surface area contributed by atoms with E-state index in [9.17, 15) is 4.79 Å². The van der Waals surface area contributed by atoms with E-state index in [0.29, 0.717) is 6.04 Å². The van der Waals surface area contributed by atoms with E-state index >= 15 is 0 Å². The molecule has 2 unspecified atom stereocenters. The van der Waals surface area contributed by atoms with Gasteiger partial charge in [0.05, 0.1) is 0 Å². The molecule has 3 heteroatoms. The second-order valence-electron chi connectivity index (χ2n) is 6.45. The number of hydrogen-bond acceptors (Lipinski definition) is 2. The van der Waals surface area contributed by atoms with Gasteiger partial charge in [-0.05, 0) is 55.9 Å². The molecule has 2 fully saturated rings. The minimum atomic E-state index is 0.173. The SMILES string of the molecule is CC1CCCC(Nc2ccc(NC(=O)C3CC3)cc2)C1. The van der Waals surface area contributed by atoms with Crippen LogP contribution in [0.5, 0.6) is 0 Å². The van der Waals surface area contributed by atoms with Crippen molar-refractivity contribution in [2.24, 2.45) is 11.8 Å². The molecule has 0 bridgehead atoms. The van der Waals surface area contributed by atoms with E-state index in [-0.39, 0.29) is 11.8 Å². The zero-order chi connectivity index (χ0) is 13.9. The van der Waals surface area contributed by atoms with E-state index in [2.05, 4.69) is 29.7 Å². The fourth-order valence-corrected chi connectivity index (χ4v) is 3.04. The molecule has 3 nitrogen and oxygen atoms in total. The van der Waals surface area contributed by atoms with Crippen molar-refractivity contribution in [1.29, 1.82) is 0 Å². The lowest BCUT2D eigenvalue weighted by molar-refractivity contribution is -0.117. The standard InChI is InChI=1S/C17H24N2O/c1-12-3-2-4-16(11-12)18-14-7-9-15(10-8-14)19-17(20)13-5-6-13/h7-10,12-13,16,18H,2-6,11H2,1H3,(H,19,20). The summed E-state index contributed by atoms with van der Waals surface area (Å²) in [5.41, 5.74) is 2.07. The average Bonchev–Trinajstić information content (AvgIpc) is 3.25. The van der Waals surface area contributed by atoms with E-state index in [1.165, 1.54) is 25.7 Å². The van der Waals surface area contributed by atoms with Crippen LogP contribution in [-0.2, 0) is 4.79 Å². The summed E-state index contributed by atoms with van der Waals surface area (Å²) < 4.78 is 0. The van der Waals surface area contributed by atoms with Gasteiger partial charge in [0, 0.05) is 23.3 Å². The lowest BCUT2D eigenvalue weighted by Crippen LogP contribution is -2.26. The number of rotatable bonds is 4. The maximum absolute atomic E-state index is 11.7. The summed E-state index contributed by atoms with van der Waals surface area (Å²) in [6, 6.07) is 8.73. The van der Waals surface area contributed by atoms with Gasteiger partial charge in [0.1, 0.15) is 0 Å². The molecule has 0 saturated heterocycles. The molecule has 2 aliphatic carbocycles. The Labute approximate surface area is 121 Å². The largest absolute Gasteiger partial charge is 0.382 e. The first kappa shape index (κ1) is 13.5. The highest BCUT2D eigenvalue weighted by Crippen LogP contribution is 2.30. The molecule has 0 aromatic heterocycles.